The molecule has 138 valence electrons. The van der Waals surface area contributed by atoms with Gasteiger partial charge in [-0.05, 0) is 29.7 Å². The topological polar surface area (TPSA) is 64.6 Å². The van der Waals surface area contributed by atoms with Crippen LogP contribution in [0.5, 0.6) is 5.75 Å². The van der Waals surface area contributed by atoms with Gasteiger partial charge in [0.1, 0.15) is 18.4 Å². The van der Waals surface area contributed by atoms with Crippen LogP contribution in [-0.4, -0.2) is 25.0 Å². The second-order valence-corrected chi connectivity index (χ2v) is 6.16. The molecule has 2 atom stereocenters. The molecule has 0 unspecified atom stereocenters. The van der Waals surface area contributed by atoms with Crippen LogP contribution in [0.15, 0.2) is 54.6 Å². The summed E-state index contributed by atoms with van der Waals surface area (Å²) in [6.45, 7) is 4.29. The Morgan fingerprint density at radius 3 is 2.46 bits per heavy atom. The molecule has 2 rings (SSSR count). The second-order valence-electron chi connectivity index (χ2n) is 6.16. The maximum absolute atomic E-state index is 12.5. The average Bonchev–Trinajstić information content (AvgIpc) is 2.70. The predicted octanol–water partition coefficient (Wildman–Crippen LogP) is 3.58. The number of hydrogen-bond acceptors (Lipinski definition) is 4. The van der Waals surface area contributed by atoms with Crippen molar-refractivity contribution in [3.05, 3.63) is 65.7 Å². The number of amides is 1. The third kappa shape index (κ3) is 5.34. The maximum atomic E-state index is 12.5. The largest absolute Gasteiger partial charge is 0.489 e. The summed E-state index contributed by atoms with van der Waals surface area (Å²) >= 11 is 0. The molecular weight excluding hydrogens is 330 g/mol. The SMILES string of the molecule is CC[C@@H](C)[C@H](NC(=O)c1cccc(OCc2ccccc2)c1)C(=O)OC. The zero-order valence-electron chi connectivity index (χ0n) is 15.4. The van der Waals surface area contributed by atoms with Gasteiger partial charge in [-0.25, -0.2) is 4.79 Å². The first-order valence-corrected chi connectivity index (χ1v) is 8.70. The van der Waals surface area contributed by atoms with Gasteiger partial charge >= 0.3 is 5.97 Å². The smallest absolute Gasteiger partial charge is 0.328 e. The molecule has 0 saturated heterocycles. The van der Waals surface area contributed by atoms with Crippen LogP contribution in [0.4, 0.5) is 0 Å². The van der Waals surface area contributed by atoms with E-state index in [4.69, 9.17) is 9.47 Å². The molecule has 0 saturated carbocycles. The van der Waals surface area contributed by atoms with Crippen molar-refractivity contribution in [1.82, 2.24) is 5.32 Å². The van der Waals surface area contributed by atoms with E-state index in [1.807, 2.05) is 44.2 Å². The lowest BCUT2D eigenvalue weighted by molar-refractivity contribution is -0.144. The summed E-state index contributed by atoms with van der Waals surface area (Å²) in [5.74, 6) is -0.196. The molecule has 0 spiro atoms. The Bertz CT molecular complexity index is 730. The number of benzene rings is 2. The van der Waals surface area contributed by atoms with Crippen LogP contribution in [0.1, 0.15) is 36.2 Å². The highest BCUT2D eigenvalue weighted by Gasteiger charge is 2.27. The van der Waals surface area contributed by atoms with Crippen LogP contribution in [0.25, 0.3) is 0 Å². The zero-order valence-corrected chi connectivity index (χ0v) is 15.4. The molecular formula is C21H25NO4. The van der Waals surface area contributed by atoms with Crippen molar-refractivity contribution >= 4 is 11.9 Å². The highest BCUT2D eigenvalue weighted by molar-refractivity contribution is 5.97. The highest BCUT2D eigenvalue weighted by Crippen LogP contribution is 2.16. The van der Waals surface area contributed by atoms with E-state index in [9.17, 15) is 9.59 Å². The van der Waals surface area contributed by atoms with E-state index in [2.05, 4.69) is 5.32 Å². The Morgan fingerprint density at radius 1 is 1.08 bits per heavy atom. The van der Waals surface area contributed by atoms with E-state index in [0.717, 1.165) is 12.0 Å². The highest BCUT2D eigenvalue weighted by atomic mass is 16.5. The quantitative estimate of drug-likeness (QED) is 0.735. The van der Waals surface area contributed by atoms with Crippen LogP contribution in [0.3, 0.4) is 0 Å². The minimum atomic E-state index is -0.675. The maximum Gasteiger partial charge on any atom is 0.328 e. The number of carbonyl (C=O) groups is 2. The fraction of sp³-hybridized carbons (Fsp3) is 0.333. The average molecular weight is 355 g/mol. The molecule has 0 aliphatic heterocycles. The molecule has 0 fully saturated rings. The molecule has 0 aliphatic rings. The monoisotopic (exact) mass is 355 g/mol. The van der Waals surface area contributed by atoms with Gasteiger partial charge in [0.05, 0.1) is 7.11 Å². The molecule has 1 amide bonds. The predicted molar refractivity (Wildman–Crippen MR) is 99.9 cm³/mol. The molecule has 1 N–H and O–H groups in total. The minimum Gasteiger partial charge on any atom is -0.489 e. The molecule has 5 heteroatoms. The standard InChI is InChI=1S/C21H25NO4/c1-4-15(2)19(21(24)25-3)22-20(23)17-11-8-12-18(13-17)26-14-16-9-6-5-7-10-16/h5-13,15,19H,4,14H2,1-3H3,(H,22,23)/t15-,19+/m1/s1. The lowest BCUT2D eigenvalue weighted by atomic mass is 9.99. The van der Waals surface area contributed by atoms with Crippen molar-refractivity contribution in [2.45, 2.75) is 32.9 Å². The number of methoxy groups -OCH3 is 1. The minimum absolute atomic E-state index is 0.0242. The number of nitrogens with one attached hydrogen (secondary N) is 1. The molecule has 2 aromatic carbocycles. The summed E-state index contributed by atoms with van der Waals surface area (Å²) in [7, 11) is 1.32. The van der Waals surface area contributed by atoms with E-state index in [-0.39, 0.29) is 11.8 Å². The summed E-state index contributed by atoms with van der Waals surface area (Å²) in [6.07, 6.45) is 0.750. The van der Waals surface area contributed by atoms with Crippen molar-refractivity contribution in [3.8, 4) is 5.75 Å². The van der Waals surface area contributed by atoms with Gasteiger partial charge in [-0.3, -0.25) is 4.79 Å². The van der Waals surface area contributed by atoms with Gasteiger partial charge in [0.15, 0.2) is 0 Å². The molecule has 0 aliphatic carbocycles. The molecule has 0 bridgehead atoms. The zero-order chi connectivity index (χ0) is 18.9. The fourth-order valence-electron chi connectivity index (χ4n) is 2.49. The Labute approximate surface area is 154 Å². The van der Waals surface area contributed by atoms with Gasteiger partial charge in [-0.15, -0.1) is 0 Å². The first kappa shape index (κ1) is 19.5. The summed E-state index contributed by atoms with van der Waals surface area (Å²) in [6, 6.07) is 16.0. The van der Waals surface area contributed by atoms with Gasteiger partial charge in [0.2, 0.25) is 0 Å². The van der Waals surface area contributed by atoms with Crippen LogP contribution < -0.4 is 10.1 Å². The van der Waals surface area contributed by atoms with E-state index >= 15 is 0 Å². The molecule has 26 heavy (non-hydrogen) atoms. The number of carbonyl (C=O) groups excluding carboxylic acids is 2. The lowest BCUT2D eigenvalue weighted by Crippen LogP contribution is -2.45. The number of rotatable bonds is 8. The van der Waals surface area contributed by atoms with Crippen molar-refractivity contribution in [3.63, 3.8) is 0 Å². The number of esters is 1. The second kappa shape index (κ2) is 9.61. The van der Waals surface area contributed by atoms with Crippen molar-refractivity contribution < 1.29 is 19.1 Å². The summed E-state index contributed by atoms with van der Waals surface area (Å²) in [5.41, 5.74) is 1.48. The summed E-state index contributed by atoms with van der Waals surface area (Å²) < 4.78 is 10.6. The van der Waals surface area contributed by atoms with Gasteiger partial charge in [0, 0.05) is 5.56 Å². The first-order valence-electron chi connectivity index (χ1n) is 8.70. The number of ether oxygens (including phenoxy) is 2. The van der Waals surface area contributed by atoms with E-state index in [1.54, 1.807) is 24.3 Å². The van der Waals surface area contributed by atoms with Crippen LogP contribution in [-0.2, 0) is 16.1 Å². The number of hydrogen-bond donors (Lipinski definition) is 1. The Morgan fingerprint density at radius 2 is 1.81 bits per heavy atom. The first-order chi connectivity index (χ1) is 12.5. The molecule has 0 radical (unpaired) electrons. The lowest BCUT2D eigenvalue weighted by Gasteiger charge is -2.22. The Kier molecular flexibility index (Phi) is 7.21. The van der Waals surface area contributed by atoms with Crippen LogP contribution >= 0.6 is 0 Å². The fourth-order valence-corrected chi connectivity index (χ4v) is 2.49. The van der Waals surface area contributed by atoms with E-state index < -0.39 is 12.0 Å². The van der Waals surface area contributed by atoms with Crippen molar-refractivity contribution in [2.24, 2.45) is 5.92 Å². The summed E-state index contributed by atoms with van der Waals surface area (Å²) in [4.78, 5) is 24.5. The van der Waals surface area contributed by atoms with E-state index in [1.165, 1.54) is 7.11 Å². The molecule has 5 nitrogen and oxygen atoms in total. The van der Waals surface area contributed by atoms with Crippen molar-refractivity contribution in [1.29, 1.82) is 0 Å². The van der Waals surface area contributed by atoms with Gasteiger partial charge < -0.3 is 14.8 Å². The van der Waals surface area contributed by atoms with Crippen molar-refractivity contribution in [2.75, 3.05) is 7.11 Å². The molecule has 0 aromatic heterocycles. The summed E-state index contributed by atoms with van der Waals surface area (Å²) in [5, 5.41) is 2.77. The Balaban J connectivity index is 2.05. The Hall–Kier alpha value is -2.82. The van der Waals surface area contributed by atoms with Crippen LogP contribution in [0.2, 0.25) is 0 Å². The van der Waals surface area contributed by atoms with Gasteiger partial charge in [-0.1, -0.05) is 56.7 Å². The van der Waals surface area contributed by atoms with Crippen LogP contribution in [0, 0.1) is 5.92 Å². The van der Waals surface area contributed by atoms with E-state index in [0.29, 0.717) is 17.9 Å². The third-order valence-corrected chi connectivity index (χ3v) is 4.30. The third-order valence-electron chi connectivity index (χ3n) is 4.30. The molecule has 2 aromatic rings. The normalized spacial score (nSPS) is 12.7. The molecule has 0 heterocycles. The van der Waals surface area contributed by atoms with Gasteiger partial charge in [-0.2, -0.15) is 0 Å². The van der Waals surface area contributed by atoms with Gasteiger partial charge in [0.25, 0.3) is 5.91 Å².